The van der Waals surface area contributed by atoms with Crippen LogP contribution in [-0.4, -0.2) is 31.1 Å². The predicted octanol–water partition coefficient (Wildman–Crippen LogP) is 2.68. The number of carbonyl (C=O) groups is 2. The Hall–Kier alpha value is -3.39. The van der Waals surface area contributed by atoms with Crippen LogP contribution in [0.15, 0.2) is 58.7 Å². The van der Waals surface area contributed by atoms with Gasteiger partial charge in [0.05, 0.1) is 26.2 Å². The van der Waals surface area contributed by atoms with Gasteiger partial charge in [0.15, 0.2) is 5.11 Å². The highest BCUT2D eigenvalue weighted by molar-refractivity contribution is 7.80. The molecule has 0 unspecified atom stereocenters. The Bertz CT molecular complexity index is 947. The highest BCUT2D eigenvalue weighted by Gasteiger charge is 2.35. The van der Waals surface area contributed by atoms with E-state index in [0.717, 1.165) is 0 Å². The lowest BCUT2D eigenvalue weighted by molar-refractivity contribution is -0.122. The number of carbonyl (C=O) groups excluding carboxylic acids is 2. The number of ether oxygens (including phenoxy) is 2. The van der Waals surface area contributed by atoms with E-state index in [1.54, 1.807) is 42.5 Å². The summed E-state index contributed by atoms with van der Waals surface area (Å²) in [5.74, 6) is 0.410. The van der Waals surface area contributed by atoms with Crippen molar-refractivity contribution in [2.75, 3.05) is 19.1 Å². The minimum atomic E-state index is -0.571. The van der Waals surface area contributed by atoms with Gasteiger partial charge in [0.1, 0.15) is 22.8 Å². The van der Waals surface area contributed by atoms with Crippen LogP contribution < -0.4 is 19.7 Å². The van der Waals surface area contributed by atoms with Gasteiger partial charge in [0.25, 0.3) is 11.8 Å². The van der Waals surface area contributed by atoms with E-state index in [1.165, 1.54) is 31.5 Å². The summed E-state index contributed by atoms with van der Waals surface area (Å²) in [6.45, 7) is 0. The molecule has 1 aromatic heterocycles. The number of benzene rings is 1. The summed E-state index contributed by atoms with van der Waals surface area (Å²) in [6.07, 6.45) is 6.13. The summed E-state index contributed by atoms with van der Waals surface area (Å²) in [7, 11) is 2.99. The van der Waals surface area contributed by atoms with Crippen LogP contribution in [0.1, 0.15) is 5.76 Å². The van der Waals surface area contributed by atoms with Crippen molar-refractivity contribution in [3.05, 3.63) is 60.1 Å². The molecule has 2 amide bonds. The molecule has 0 saturated carbocycles. The molecule has 0 spiro atoms. The number of nitrogens with zero attached hydrogens (tertiary/aromatic N) is 1. The SMILES string of the molecule is COc1ccc(N2C(=O)C(=CC=Cc3ccco3)C(=O)NC2=S)c(OC)c1. The molecule has 1 aliphatic heterocycles. The summed E-state index contributed by atoms with van der Waals surface area (Å²) in [4.78, 5) is 26.4. The minimum Gasteiger partial charge on any atom is -0.497 e. The van der Waals surface area contributed by atoms with Crippen molar-refractivity contribution in [3.8, 4) is 11.5 Å². The van der Waals surface area contributed by atoms with Gasteiger partial charge in [0.2, 0.25) is 0 Å². The Morgan fingerprint density at radius 3 is 2.67 bits per heavy atom. The van der Waals surface area contributed by atoms with Crippen molar-refractivity contribution in [1.29, 1.82) is 0 Å². The zero-order valence-electron chi connectivity index (χ0n) is 14.6. The molecule has 0 radical (unpaired) electrons. The molecule has 3 rings (SSSR count). The van der Waals surface area contributed by atoms with Crippen LogP contribution in [0.5, 0.6) is 11.5 Å². The molecule has 0 bridgehead atoms. The first-order chi connectivity index (χ1) is 13.0. The van der Waals surface area contributed by atoms with Crippen molar-refractivity contribution in [1.82, 2.24) is 5.32 Å². The number of hydrogen-bond donors (Lipinski definition) is 1. The third kappa shape index (κ3) is 3.75. The maximum absolute atomic E-state index is 12.9. The minimum absolute atomic E-state index is 0.0272. The monoisotopic (exact) mass is 384 g/mol. The van der Waals surface area contributed by atoms with Crippen molar-refractivity contribution >= 4 is 40.9 Å². The fourth-order valence-electron chi connectivity index (χ4n) is 2.49. The molecular weight excluding hydrogens is 368 g/mol. The van der Waals surface area contributed by atoms with Crippen molar-refractivity contribution in [2.24, 2.45) is 0 Å². The van der Waals surface area contributed by atoms with Crippen molar-refractivity contribution in [3.63, 3.8) is 0 Å². The van der Waals surface area contributed by atoms with Gasteiger partial charge in [-0.1, -0.05) is 6.08 Å². The molecule has 0 aliphatic carbocycles. The van der Waals surface area contributed by atoms with Crippen LogP contribution in [0.2, 0.25) is 0 Å². The highest BCUT2D eigenvalue weighted by atomic mass is 32.1. The summed E-state index contributed by atoms with van der Waals surface area (Å²) < 4.78 is 15.7. The lowest BCUT2D eigenvalue weighted by atomic mass is 10.1. The summed E-state index contributed by atoms with van der Waals surface area (Å²) in [5, 5.41) is 2.49. The Morgan fingerprint density at radius 1 is 1.19 bits per heavy atom. The average molecular weight is 384 g/mol. The average Bonchev–Trinajstić information content (AvgIpc) is 3.17. The van der Waals surface area contributed by atoms with Gasteiger partial charge in [-0.3, -0.25) is 14.9 Å². The van der Waals surface area contributed by atoms with Crippen LogP contribution in [-0.2, 0) is 9.59 Å². The van der Waals surface area contributed by atoms with E-state index in [0.29, 0.717) is 22.9 Å². The number of thiocarbonyl (C=S) groups is 1. The van der Waals surface area contributed by atoms with Crippen molar-refractivity contribution < 1.29 is 23.5 Å². The van der Waals surface area contributed by atoms with Crippen LogP contribution in [0.3, 0.4) is 0 Å². The summed E-state index contributed by atoms with van der Waals surface area (Å²) in [6, 6.07) is 8.42. The van der Waals surface area contributed by atoms with E-state index in [2.05, 4.69) is 5.32 Å². The van der Waals surface area contributed by atoms with Crippen molar-refractivity contribution in [2.45, 2.75) is 0 Å². The van der Waals surface area contributed by atoms with Gasteiger partial charge in [-0.25, -0.2) is 4.90 Å². The topological polar surface area (TPSA) is 81.0 Å². The van der Waals surface area contributed by atoms with E-state index in [-0.39, 0.29) is 10.7 Å². The smallest absolute Gasteiger partial charge is 0.270 e. The van der Waals surface area contributed by atoms with Crippen LogP contribution in [0.4, 0.5) is 5.69 Å². The third-order valence-electron chi connectivity index (χ3n) is 3.80. The largest absolute Gasteiger partial charge is 0.497 e. The highest BCUT2D eigenvalue weighted by Crippen LogP contribution is 2.34. The normalized spacial score (nSPS) is 16.1. The Balaban J connectivity index is 1.95. The number of allylic oxidation sites excluding steroid dienone is 2. The molecule has 1 N–H and O–H groups in total. The molecule has 8 heteroatoms. The molecular formula is C19H16N2O5S. The number of rotatable bonds is 5. The number of anilines is 1. The lowest BCUT2D eigenvalue weighted by Crippen LogP contribution is -2.54. The fraction of sp³-hybridized carbons (Fsp3) is 0.105. The molecule has 1 fully saturated rings. The molecule has 1 aliphatic rings. The molecule has 2 heterocycles. The standard InChI is InChI=1S/C19H16N2O5S/c1-24-13-8-9-15(16(11-13)25-2)21-18(23)14(17(22)20-19(21)27)7-3-5-12-6-4-10-26-12/h3-11H,1-2H3,(H,20,22,27). The van der Waals surface area contributed by atoms with Gasteiger partial charge < -0.3 is 13.9 Å². The summed E-state index contributed by atoms with van der Waals surface area (Å²) >= 11 is 5.19. The Labute approximate surface area is 160 Å². The van der Waals surface area contributed by atoms with E-state index in [4.69, 9.17) is 26.1 Å². The first-order valence-electron chi connectivity index (χ1n) is 7.89. The molecule has 27 heavy (non-hydrogen) atoms. The number of nitrogens with one attached hydrogen (secondary N) is 1. The van der Waals surface area contributed by atoms with E-state index >= 15 is 0 Å². The van der Waals surface area contributed by atoms with Gasteiger partial charge in [0, 0.05) is 6.07 Å². The van der Waals surface area contributed by atoms with Gasteiger partial charge in [-0.2, -0.15) is 0 Å². The molecule has 7 nitrogen and oxygen atoms in total. The second-order valence-electron chi connectivity index (χ2n) is 5.39. The first kappa shape index (κ1) is 18.4. The van der Waals surface area contributed by atoms with Gasteiger partial charge in [-0.05, 0) is 48.6 Å². The molecule has 1 saturated heterocycles. The lowest BCUT2D eigenvalue weighted by Gasteiger charge is -2.29. The number of amides is 2. The van der Waals surface area contributed by atoms with Gasteiger partial charge >= 0.3 is 0 Å². The number of methoxy groups -OCH3 is 2. The summed E-state index contributed by atoms with van der Waals surface area (Å²) in [5.41, 5.74) is 0.332. The predicted molar refractivity (Wildman–Crippen MR) is 104 cm³/mol. The number of furan rings is 1. The third-order valence-corrected chi connectivity index (χ3v) is 4.08. The molecule has 0 atom stereocenters. The number of hydrogen-bond acceptors (Lipinski definition) is 6. The van der Waals surface area contributed by atoms with Crippen LogP contribution >= 0.6 is 12.2 Å². The second-order valence-corrected chi connectivity index (χ2v) is 5.78. The zero-order chi connectivity index (χ0) is 19.4. The maximum Gasteiger partial charge on any atom is 0.270 e. The molecule has 2 aromatic rings. The molecule has 1 aromatic carbocycles. The van der Waals surface area contributed by atoms with Crippen LogP contribution in [0, 0.1) is 0 Å². The van der Waals surface area contributed by atoms with Crippen LogP contribution in [0.25, 0.3) is 6.08 Å². The first-order valence-corrected chi connectivity index (χ1v) is 8.29. The van der Waals surface area contributed by atoms with E-state index in [1.807, 2.05) is 0 Å². The van der Waals surface area contributed by atoms with Gasteiger partial charge in [-0.15, -0.1) is 0 Å². The molecule has 138 valence electrons. The maximum atomic E-state index is 12.9. The Morgan fingerprint density at radius 2 is 2.00 bits per heavy atom. The van der Waals surface area contributed by atoms with E-state index in [9.17, 15) is 9.59 Å². The Kier molecular flexibility index (Phi) is 5.37. The fourth-order valence-corrected chi connectivity index (χ4v) is 2.76. The van der Waals surface area contributed by atoms with E-state index < -0.39 is 11.8 Å². The zero-order valence-corrected chi connectivity index (χ0v) is 15.4. The second kappa shape index (κ2) is 7.88. The quantitative estimate of drug-likeness (QED) is 0.485.